The first-order valence-electron chi connectivity index (χ1n) is 15.8. The average molecular weight is 717 g/mol. The van der Waals surface area contributed by atoms with E-state index in [0.717, 1.165) is 63.0 Å². The molecule has 0 bridgehead atoms. The molecule has 0 saturated heterocycles. The number of thioether (sulfide) groups is 2. The lowest BCUT2D eigenvalue weighted by atomic mass is 10.2. The number of carbonyl (C=O) groups is 4. The van der Waals surface area contributed by atoms with E-state index in [1.165, 1.54) is 12.2 Å². The Morgan fingerprint density at radius 2 is 1.08 bits per heavy atom. The Morgan fingerprint density at radius 3 is 1.60 bits per heavy atom. The van der Waals surface area contributed by atoms with Crippen molar-refractivity contribution >= 4 is 57.8 Å². The van der Waals surface area contributed by atoms with Gasteiger partial charge < -0.3 is 23.7 Å². The van der Waals surface area contributed by atoms with Gasteiger partial charge in [-0.25, -0.2) is 9.59 Å². The minimum absolute atomic E-state index is 0.125. The molecule has 3 aromatic rings. The Morgan fingerprint density at radius 1 is 0.600 bits per heavy atom. The summed E-state index contributed by atoms with van der Waals surface area (Å²) < 4.78 is 26.8. The molecule has 0 fully saturated rings. The summed E-state index contributed by atoms with van der Waals surface area (Å²) in [5, 5.41) is -0.274. The van der Waals surface area contributed by atoms with Crippen LogP contribution >= 0.6 is 23.5 Å². The molecule has 0 aliphatic rings. The zero-order valence-corrected chi connectivity index (χ0v) is 29.5. The normalized spacial score (nSPS) is 10.8. The van der Waals surface area contributed by atoms with E-state index in [4.69, 9.17) is 23.7 Å². The number of rotatable bonds is 21. The molecule has 0 aliphatic heterocycles. The molecule has 0 radical (unpaired) electrons. The summed E-state index contributed by atoms with van der Waals surface area (Å²) in [7, 11) is 1.55. The number of unbranched alkanes of at least 4 members (excludes halogenated alkanes) is 2. The lowest BCUT2D eigenvalue weighted by Gasteiger charge is -2.11. The molecule has 0 unspecified atom stereocenters. The third-order valence-electron chi connectivity index (χ3n) is 6.58. The maximum Gasteiger partial charge on any atom is 0.330 e. The van der Waals surface area contributed by atoms with Gasteiger partial charge in [0, 0.05) is 21.9 Å². The minimum atomic E-state index is -0.442. The SMILES string of the molecule is C=CC(=O)OCCCCOc1ccc(C=CC(=O)Sc2ccc(SC(=O)C=Cc3ccc(OCCCCOC(=O)C=C)c(OC)c3)cc2)cc1. The Kier molecular flexibility index (Phi) is 17.8. The summed E-state index contributed by atoms with van der Waals surface area (Å²) >= 11 is 2.18. The number of methoxy groups -OCH3 is 1. The summed E-state index contributed by atoms with van der Waals surface area (Å²) in [5.41, 5.74) is 1.64. The van der Waals surface area contributed by atoms with Crippen LogP contribution in [0.5, 0.6) is 17.2 Å². The Hall–Kier alpha value is -5.00. The molecular weight excluding hydrogens is 677 g/mol. The third kappa shape index (κ3) is 15.5. The van der Waals surface area contributed by atoms with E-state index in [-0.39, 0.29) is 10.2 Å². The minimum Gasteiger partial charge on any atom is -0.494 e. The largest absolute Gasteiger partial charge is 0.494 e. The highest BCUT2D eigenvalue weighted by atomic mass is 32.2. The van der Waals surface area contributed by atoms with Gasteiger partial charge in [-0.1, -0.05) is 43.5 Å². The molecule has 3 rings (SSSR count). The van der Waals surface area contributed by atoms with Gasteiger partial charge in [0.15, 0.2) is 11.5 Å². The number of carbonyl (C=O) groups excluding carboxylic acids is 4. The number of benzene rings is 3. The lowest BCUT2D eigenvalue weighted by Crippen LogP contribution is -2.05. The van der Waals surface area contributed by atoms with Gasteiger partial charge in [-0.2, -0.15) is 0 Å². The van der Waals surface area contributed by atoms with E-state index in [1.807, 2.05) is 42.5 Å². The summed E-state index contributed by atoms with van der Waals surface area (Å²) in [6.45, 7) is 8.29. The smallest absolute Gasteiger partial charge is 0.330 e. The first-order valence-corrected chi connectivity index (χ1v) is 17.4. The van der Waals surface area contributed by atoms with Gasteiger partial charge in [0.2, 0.25) is 10.2 Å². The number of hydrogen-bond acceptors (Lipinski definition) is 11. The molecule has 0 amide bonds. The van der Waals surface area contributed by atoms with Crippen LogP contribution in [0.2, 0.25) is 0 Å². The van der Waals surface area contributed by atoms with Crippen LogP contribution < -0.4 is 14.2 Å². The van der Waals surface area contributed by atoms with Crippen LogP contribution in [0.25, 0.3) is 12.2 Å². The maximum atomic E-state index is 12.6. The molecule has 3 aromatic carbocycles. The molecule has 0 heterocycles. The third-order valence-corrected chi connectivity index (χ3v) is 8.27. The van der Waals surface area contributed by atoms with E-state index in [1.54, 1.807) is 43.5 Å². The van der Waals surface area contributed by atoms with Gasteiger partial charge in [0.05, 0.1) is 33.5 Å². The van der Waals surface area contributed by atoms with Crippen molar-refractivity contribution in [3.63, 3.8) is 0 Å². The first kappa shape index (κ1) is 39.4. The van der Waals surface area contributed by atoms with Crippen molar-refractivity contribution in [1.82, 2.24) is 0 Å². The van der Waals surface area contributed by atoms with Crippen LogP contribution in [-0.4, -0.2) is 55.7 Å². The predicted molar refractivity (Wildman–Crippen MR) is 197 cm³/mol. The van der Waals surface area contributed by atoms with Crippen LogP contribution in [0.4, 0.5) is 0 Å². The maximum absolute atomic E-state index is 12.6. The topological polar surface area (TPSA) is 114 Å². The van der Waals surface area contributed by atoms with E-state index in [9.17, 15) is 19.2 Å². The molecule has 0 atom stereocenters. The number of esters is 2. The van der Waals surface area contributed by atoms with Crippen LogP contribution in [0.1, 0.15) is 36.8 Å². The second-order valence-electron chi connectivity index (χ2n) is 10.3. The van der Waals surface area contributed by atoms with Gasteiger partial charge in [-0.05, 0) is 121 Å². The van der Waals surface area contributed by atoms with E-state index in [2.05, 4.69) is 13.2 Å². The molecule has 0 N–H and O–H groups in total. The lowest BCUT2D eigenvalue weighted by molar-refractivity contribution is -0.138. The second kappa shape index (κ2) is 22.6. The van der Waals surface area contributed by atoms with Gasteiger partial charge >= 0.3 is 11.9 Å². The Bertz CT molecular complexity index is 1640. The summed E-state index contributed by atoms with van der Waals surface area (Å²) in [6.07, 6.45) is 11.5. The summed E-state index contributed by atoms with van der Waals surface area (Å²) in [4.78, 5) is 48.8. The van der Waals surface area contributed by atoms with Gasteiger partial charge in [0.1, 0.15) is 5.75 Å². The Labute approximate surface area is 301 Å². The van der Waals surface area contributed by atoms with Crippen molar-refractivity contribution in [1.29, 1.82) is 0 Å². The highest BCUT2D eigenvalue weighted by Gasteiger charge is 2.08. The molecule has 0 aromatic heterocycles. The quantitative estimate of drug-likeness (QED) is 0.0461. The van der Waals surface area contributed by atoms with Crippen LogP contribution in [0.15, 0.2) is 114 Å². The predicted octanol–water partition coefficient (Wildman–Crippen LogP) is 8.14. The fraction of sp³-hybridized carbons (Fsp3) is 0.231. The highest BCUT2D eigenvalue weighted by molar-refractivity contribution is 8.14. The molecule has 0 aliphatic carbocycles. The Balaban J connectivity index is 1.38. The molecular formula is C39H40O9S2. The summed E-state index contributed by atoms with van der Waals surface area (Å²) in [5.74, 6) is 0.968. The van der Waals surface area contributed by atoms with Crippen molar-refractivity contribution in [2.24, 2.45) is 0 Å². The monoisotopic (exact) mass is 716 g/mol. The fourth-order valence-electron chi connectivity index (χ4n) is 4.03. The molecule has 9 nitrogen and oxygen atoms in total. The molecule has 0 spiro atoms. The van der Waals surface area contributed by atoms with E-state index < -0.39 is 11.9 Å². The van der Waals surface area contributed by atoms with Gasteiger partial charge in [0.25, 0.3) is 0 Å². The molecule has 262 valence electrons. The van der Waals surface area contributed by atoms with Crippen LogP contribution in [0.3, 0.4) is 0 Å². The average Bonchev–Trinajstić information content (AvgIpc) is 3.13. The first-order chi connectivity index (χ1) is 24.3. The van der Waals surface area contributed by atoms with Crippen molar-refractivity contribution < 1.29 is 42.9 Å². The highest BCUT2D eigenvalue weighted by Crippen LogP contribution is 2.30. The van der Waals surface area contributed by atoms with Crippen molar-refractivity contribution in [3.05, 3.63) is 115 Å². The van der Waals surface area contributed by atoms with Gasteiger partial charge in [-0.15, -0.1) is 0 Å². The van der Waals surface area contributed by atoms with Gasteiger partial charge in [-0.3, -0.25) is 9.59 Å². The molecule has 0 saturated carbocycles. The number of ether oxygens (including phenoxy) is 5. The van der Waals surface area contributed by atoms with Crippen molar-refractivity contribution in [2.45, 2.75) is 35.5 Å². The number of hydrogen-bond donors (Lipinski definition) is 0. The zero-order valence-electron chi connectivity index (χ0n) is 27.9. The van der Waals surface area contributed by atoms with E-state index >= 15 is 0 Å². The van der Waals surface area contributed by atoms with Crippen LogP contribution in [-0.2, 0) is 28.7 Å². The summed E-state index contributed by atoms with van der Waals surface area (Å²) in [6, 6.07) is 20.0. The zero-order chi connectivity index (χ0) is 36.0. The van der Waals surface area contributed by atoms with E-state index in [0.29, 0.717) is 62.9 Å². The standard InChI is InChI=1S/C39H40O9S2/c1-4-36(40)47-26-8-6-24-45-31-15-10-29(11-16-31)13-22-38(42)49-32-17-19-33(20-18-32)50-39(43)23-14-30-12-21-34(35(28-30)44-3)46-25-7-9-27-48-37(41)5-2/h4-5,10-23,28H,1-2,6-9,24-27H2,3H3. The van der Waals surface area contributed by atoms with Crippen LogP contribution in [0, 0.1) is 0 Å². The molecule has 50 heavy (non-hydrogen) atoms. The molecule has 11 heteroatoms. The van der Waals surface area contributed by atoms with Crippen molar-refractivity contribution in [3.8, 4) is 17.2 Å². The fourth-order valence-corrected chi connectivity index (χ4v) is 5.31. The second-order valence-corrected chi connectivity index (χ2v) is 12.5. The van der Waals surface area contributed by atoms with Crippen molar-refractivity contribution in [2.75, 3.05) is 33.5 Å².